The van der Waals surface area contributed by atoms with E-state index in [2.05, 4.69) is 10.1 Å². The first-order chi connectivity index (χ1) is 11.8. The molecule has 2 aromatic heterocycles. The number of benzene rings is 1. The summed E-state index contributed by atoms with van der Waals surface area (Å²) in [5.41, 5.74) is 2.27. The molecule has 0 unspecified atom stereocenters. The molecule has 6 heteroatoms. The molecule has 0 spiro atoms. The Labute approximate surface area is 139 Å². The molecule has 1 aliphatic rings. The van der Waals surface area contributed by atoms with E-state index >= 15 is 0 Å². The average Bonchev–Trinajstić information content (AvgIpc) is 3.31. The van der Waals surface area contributed by atoms with Crippen LogP contribution in [0.25, 0.3) is 5.65 Å². The number of nitrogens with zero attached hydrogens (tertiary/aromatic N) is 4. The Morgan fingerprint density at radius 1 is 1.08 bits per heavy atom. The quantitative estimate of drug-likeness (QED) is 0.740. The van der Waals surface area contributed by atoms with Gasteiger partial charge in [-0.1, -0.05) is 18.2 Å². The lowest BCUT2D eigenvalue weighted by Gasteiger charge is -2.18. The van der Waals surface area contributed by atoms with Gasteiger partial charge in [-0.05, 0) is 37.1 Å². The van der Waals surface area contributed by atoms with E-state index < -0.39 is 0 Å². The predicted octanol–water partition coefficient (Wildman–Crippen LogP) is 2.54. The molecule has 3 heterocycles. The molecule has 6 nitrogen and oxygen atoms in total. The van der Waals surface area contributed by atoms with Gasteiger partial charge in [-0.2, -0.15) is 5.10 Å². The first kappa shape index (κ1) is 14.7. The van der Waals surface area contributed by atoms with Crippen molar-refractivity contribution in [3.8, 4) is 5.75 Å². The molecule has 0 bridgehead atoms. The van der Waals surface area contributed by atoms with Gasteiger partial charge >= 0.3 is 0 Å². The van der Waals surface area contributed by atoms with Crippen LogP contribution >= 0.6 is 0 Å². The molecule has 1 aromatic carbocycles. The van der Waals surface area contributed by atoms with Crippen LogP contribution in [0, 0.1) is 0 Å². The van der Waals surface area contributed by atoms with Crippen molar-refractivity contribution < 1.29 is 9.53 Å². The van der Waals surface area contributed by atoms with E-state index in [4.69, 9.17) is 4.74 Å². The van der Waals surface area contributed by atoms with Gasteiger partial charge in [-0.25, -0.2) is 9.50 Å². The molecule has 0 aliphatic carbocycles. The van der Waals surface area contributed by atoms with Crippen LogP contribution in [0.5, 0.6) is 5.75 Å². The predicted molar refractivity (Wildman–Crippen MR) is 88.9 cm³/mol. The highest BCUT2D eigenvalue weighted by molar-refractivity contribution is 5.97. The van der Waals surface area contributed by atoms with Crippen molar-refractivity contribution in [1.29, 1.82) is 0 Å². The highest BCUT2D eigenvalue weighted by Gasteiger charge is 2.22. The summed E-state index contributed by atoms with van der Waals surface area (Å²) in [6.45, 7) is 1.97. The number of aromatic nitrogens is 3. The van der Waals surface area contributed by atoms with Crippen molar-refractivity contribution in [2.24, 2.45) is 0 Å². The lowest BCUT2D eigenvalue weighted by atomic mass is 10.1. The van der Waals surface area contributed by atoms with E-state index in [0.29, 0.717) is 17.9 Å². The molecule has 3 aromatic rings. The van der Waals surface area contributed by atoms with Crippen molar-refractivity contribution in [3.63, 3.8) is 0 Å². The van der Waals surface area contributed by atoms with Gasteiger partial charge in [0.25, 0.3) is 5.91 Å². The number of pyridine rings is 1. The van der Waals surface area contributed by atoms with E-state index in [0.717, 1.165) is 37.3 Å². The molecule has 0 N–H and O–H groups in total. The first-order valence-corrected chi connectivity index (χ1v) is 8.12. The fourth-order valence-corrected chi connectivity index (χ4v) is 3.02. The van der Waals surface area contributed by atoms with Gasteiger partial charge < -0.3 is 9.64 Å². The molecule has 1 aliphatic heterocycles. The summed E-state index contributed by atoms with van der Waals surface area (Å²) in [7, 11) is 0. The van der Waals surface area contributed by atoms with Gasteiger partial charge in [0, 0.05) is 13.1 Å². The Hall–Kier alpha value is -2.89. The number of hydrogen-bond donors (Lipinski definition) is 0. The molecule has 0 atom stereocenters. The third kappa shape index (κ3) is 2.71. The topological polar surface area (TPSA) is 59.7 Å². The van der Waals surface area contributed by atoms with E-state index in [1.165, 1.54) is 6.33 Å². The standard InChI is InChI=1S/C18H18N4O2/c23-18(21-10-3-4-11-21)15-7-1-2-8-16(15)24-12-14-6-5-9-17-19-13-20-22(14)17/h1-2,5-9,13H,3-4,10-12H2. The van der Waals surface area contributed by atoms with Crippen molar-refractivity contribution >= 4 is 11.6 Å². The van der Waals surface area contributed by atoms with Crippen molar-refractivity contribution in [3.05, 3.63) is 60.0 Å². The second-order valence-corrected chi connectivity index (χ2v) is 5.83. The summed E-state index contributed by atoms with van der Waals surface area (Å²) in [5.74, 6) is 0.647. The second-order valence-electron chi connectivity index (χ2n) is 5.83. The van der Waals surface area contributed by atoms with Crippen LogP contribution in [0.1, 0.15) is 28.9 Å². The Morgan fingerprint density at radius 2 is 1.92 bits per heavy atom. The highest BCUT2D eigenvalue weighted by atomic mass is 16.5. The minimum Gasteiger partial charge on any atom is -0.486 e. The van der Waals surface area contributed by atoms with Crippen molar-refractivity contribution in [1.82, 2.24) is 19.5 Å². The third-order valence-corrected chi connectivity index (χ3v) is 4.27. The smallest absolute Gasteiger partial charge is 0.257 e. The zero-order chi connectivity index (χ0) is 16.4. The lowest BCUT2D eigenvalue weighted by Crippen LogP contribution is -2.28. The first-order valence-electron chi connectivity index (χ1n) is 8.12. The summed E-state index contributed by atoms with van der Waals surface area (Å²) in [6.07, 6.45) is 3.66. The number of carbonyl (C=O) groups is 1. The lowest BCUT2D eigenvalue weighted by molar-refractivity contribution is 0.0788. The zero-order valence-corrected chi connectivity index (χ0v) is 13.3. The number of likely N-dealkylation sites (tertiary alicyclic amines) is 1. The number of carbonyl (C=O) groups excluding carboxylic acids is 1. The minimum atomic E-state index is 0.0436. The zero-order valence-electron chi connectivity index (χ0n) is 13.3. The van der Waals surface area contributed by atoms with Crippen LogP contribution in [0.3, 0.4) is 0 Å². The number of para-hydroxylation sites is 1. The molecule has 24 heavy (non-hydrogen) atoms. The van der Waals surface area contributed by atoms with Gasteiger partial charge in [-0.3, -0.25) is 4.79 Å². The maximum absolute atomic E-state index is 12.7. The van der Waals surface area contributed by atoms with Gasteiger partial charge in [-0.15, -0.1) is 0 Å². The summed E-state index contributed by atoms with van der Waals surface area (Å²) in [6, 6.07) is 13.2. The third-order valence-electron chi connectivity index (χ3n) is 4.27. The number of fused-ring (bicyclic) bond motifs is 1. The summed E-state index contributed by atoms with van der Waals surface area (Å²) >= 11 is 0. The minimum absolute atomic E-state index is 0.0436. The van der Waals surface area contributed by atoms with Gasteiger partial charge in [0.15, 0.2) is 5.65 Å². The molecule has 122 valence electrons. The van der Waals surface area contributed by atoms with Crippen LogP contribution < -0.4 is 4.74 Å². The highest BCUT2D eigenvalue weighted by Crippen LogP contribution is 2.23. The summed E-state index contributed by atoms with van der Waals surface area (Å²) < 4.78 is 7.69. The van der Waals surface area contributed by atoms with Crippen LogP contribution in [-0.2, 0) is 6.61 Å². The average molecular weight is 322 g/mol. The van der Waals surface area contributed by atoms with Crippen LogP contribution in [0.2, 0.25) is 0 Å². The summed E-state index contributed by atoms with van der Waals surface area (Å²) in [5, 5.41) is 4.20. The van der Waals surface area contributed by atoms with Gasteiger partial charge in [0.1, 0.15) is 18.7 Å². The number of hydrogen-bond acceptors (Lipinski definition) is 4. The Bertz CT molecular complexity index is 868. The van der Waals surface area contributed by atoms with Crippen LogP contribution in [-0.4, -0.2) is 38.5 Å². The Kier molecular flexibility index (Phi) is 3.86. The molecular formula is C18H18N4O2. The SMILES string of the molecule is O=C(c1ccccc1OCc1cccc2ncnn12)N1CCCC1. The van der Waals surface area contributed by atoms with Crippen molar-refractivity contribution in [2.75, 3.05) is 13.1 Å². The molecule has 4 rings (SSSR count). The molecule has 0 radical (unpaired) electrons. The van der Waals surface area contributed by atoms with E-state index in [1.807, 2.05) is 47.4 Å². The van der Waals surface area contributed by atoms with Crippen LogP contribution in [0.4, 0.5) is 0 Å². The summed E-state index contributed by atoms with van der Waals surface area (Å²) in [4.78, 5) is 18.7. The van der Waals surface area contributed by atoms with Gasteiger partial charge in [0.05, 0.1) is 11.3 Å². The maximum atomic E-state index is 12.7. The number of rotatable bonds is 4. The fraction of sp³-hybridized carbons (Fsp3) is 0.278. The molecular weight excluding hydrogens is 304 g/mol. The van der Waals surface area contributed by atoms with E-state index in [-0.39, 0.29) is 5.91 Å². The monoisotopic (exact) mass is 322 g/mol. The normalized spacial score (nSPS) is 14.2. The maximum Gasteiger partial charge on any atom is 0.257 e. The Morgan fingerprint density at radius 3 is 2.79 bits per heavy atom. The number of ether oxygens (including phenoxy) is 1. The largest absolute Gasteiger partial charge is 0.486 e. The molecule has 1 amide bonds. The molecule has 1 fully saturated rings. The number of amides is 1. The van der Waals surface area contributed by atoms with Crippen LogP contribution in [0.15, 0.2) is 48.8 Å². The van der Waals surface area contributed by atoms with Gasteiger partial charge in [0.2, 0.25) is 0 Å². The molecule has 0 saturated carbocycles. The van der Waals surface area contributed by atoms with Crippen molar-refractivity contribution in [2.45, 2.75) is 19.4 Å². The molecule has 1 saturated heterocycles. The fourth-order valence-electron chi connectivity index (χ4n) is 3.02. The Balaban J connectivity index is 1.56. The van der Waals surface area contributed by atoms with E-state index in [9.17, 15) is 4.79 Å². The second kappa shape index (κ2) is 6.31. The van der Waals surface area contributed by atoms with E-state index in [1.54, 1.807) is 4.52 Å².